The highest BCUT2D eigenvalue weighted by Gasteiger charge is 2.34. The van der Waals surface area contributed by atoms with Crippen molar-refractivity contribution in [2.45, 2.75) is 16.9 Å². The number of anilines is 1. The summed E-state index contributed by atoms with van der Waals surface area (Å²) in [5, 5.41) is 8.02. The molecule has 0 heterocycles. The summed E-state index contributed by atoms with van der Waals surface area (Å²) in [6, 6.07) is 21.0. The Kier molecular flexibility index (Phi) is 5.61. The Morgan fingerprint density at radius 1 is 0.923 bits per heavy atom. The van der Waals surface area contributed by atoms with E-state index >= 15 is 0 Å². The third-order valence-corrected chi connectivity index (χ3v) is 4.71. The quantitative estimate of drug-likeness (QED) is 0.431. The molecular weight excluding hydrogens is 391 g/mol. The van der Waals surface area contributed by atoms with E-state index in [0.717, 1.165) is 22.0 Å². The van der Waals surface area contributed by atoms with Gasteiger partial charge >= 0.3 is 0 Å². The predicted molar refractivity (Wildman–Crippen MR) is 110 cm³/mol. The van der Waals surface area contributed by atoms with E-state index < -0.39 is 9.96 Å². The first-order valence-electron chi connectivity index (χ1n) is 8.03. The zero-order chi connectivity index (χ0) is 18.7. The van der Waals surface area contributed by atoms with Gasteiger partial charge in [0.2, 0.25) is 3.79 Å². The molecule has 134 valence electrons. The summed E-state index contributed by atoms with van der Waals surface area (Å²) in [5.74, 6) is -0.312. The molecule has 2 N–H and O–H groups in total. The Balaban J connectivity index is 1.84. The molecule has 3 rings (SSSR count). The molecule has 0 aromatic heterocycles. The number of carbonyl (C=O) groups excluding carboxylic acids is 1. The number of hydrogen-bond donors (Lipinski definition) is 2. The van der Waals surface area contributed by atoms with Gasteiger partial charge in [0.05, 0.1) is 0 Å². The van der Waals surface area contributed by atoms with E-state index in [-0.39, 0.29) is 5.91 Å². The number of alkyl halides is 3. The first-order chi connectivity index (χ1) is 12.3. The van der Waals surface area contributed by atoms with E-state index in [1.165, 1.54) is 0 Å². The number of fused-ring (bicyclic) bond motifs is 1. The standard InChI is InChI=1S/C20H17Cl3N2O/c1-13-6-2-5-9-17(13)18(26)25-19(20(21,22)23)24-16-11-10-14-7-3-4-8-15(14)12-16/h2-12,19,24H,1H3,(H,25,26). The number of rotatable bonds is 4. The van der Waals surface area contributed by atoms with Crippen LogP contribution in [0, 0.1) is 6.92 Å². The second kappa shape index (κ2) is 7.75. The summed E-state index contributed by atoms with van der Waals surface area (Å²) in [5.41, 5.74) is 2.12. The third-order valence-electron chi connectivity index (χ3n) is 4.05. The van der Waals surface area contributed by atoms with Crippen molar-refractivity contribution >= 4 is 57.2 Å². The van der Waals surface area contributed by atoms with Crippen LogP contribution in [0.4, 0.5) is 5.69 Å². The van der Waals surface area contributed by atoms with Crippen molar-refractivity contribution in [1.29, 1.82) is 0 Å². The van der Waals surface area contributed by atoms with Crippen LogP contribution in [0.5, 0.6) is 0 Å². The molecular formula is C20H17Cl3N2O. The number of benzene rings is 3. The van der Waals surface area contributed by atoms with Gasteiger partial charge in [-0.2, -0.15) is 0 Å². The van der Waals surface area contributed by atoms with Gasteiger partial charge in [0.15, 0.2) is 0 Å². The van der Waals surface area contributed by atoms with Crippen LogP contribution in [-0.2, 0) is 0 Å². The average Bonchev–Trinajstić information content (AvgIpc) is 2.60. The number of nitrogens with one attached hydrogen (secondary N) is 2. The fourth-order valence-corrected chi connectivity index (χ4v) is 3.01. The maximum atomic E-state index is 12.6. The van der Waals surface area contributed by atoms with Crippen LogP contribution in [0.25, 0.3) is 10.8 Å². The molecule has 1 amide bonds. The fraction of sp³-hybridized carbons (Fsp3) is 0.150. The Labute approximate surface area is 167 Å². The molecule has 0 bridgehead atoms. The summed E-state index contributed by atoms with van der Waals surface area (Å²) in [6.07, 6.45) is -0.902. The topological polar surface area (TPSA) is 41.1 Å². The summed E-state index contributed by atoms with van der Waals surface area (Å²) < 4.78 is -1.73. The summed E-state index contributed by atoms with van der Waals surface area (Å²) in [6.45, 7) is 1.86. The second-order valence-electron chi connectivity index (χ2n) is 5.97. The SMILES string of the molecule is Cc1ccccc1C(=O)NC(Nc1ccc2ccccc2c1)C(Cl)(Cl)Cl. The zero-order valence-corrected chi connectivity index (χ0v) is 16.2. The van der Waals surface area contributed by atoms with Crippen molar-refractivity contribution < 1.29 is 4.79 Å². The van der Waals surface area contributed by atoms with Crippen LogP contribution in [0.1, 0.15) is 15.9 Å². The van der Waals surface area contributed by atoms with Crippen LogP contribution >= 0.6 is 34.8 Å². The fourth-order valence-electron chi connectivity index (χ4n) is 2.68. The van der Waals surface area contributed by atoms with Crippen molar-refractivity contribution in [3.05, 3.63) is 77.9 Å². The average molecular weight is 408 g/mol. The molecule has 0 saturated carbocycles. The third kappa shape index (κ3) is 4.42. The van der Waals surface area contributed by atoms with Gasteiger partial charge in [0.1, 0.15) is 6.17 Å². The van der Waals surface area contributed by atoms with E-state index in [4.69, 9.17) is 34.8 Å². The van der Waals surface area contributed by atoms with Crippen LogP contribution < -0.4 is 10.6 Å². The van der Waals surface area contributed by atoms with E-state index in [1.807, 2.05) is 61.5 Å². The van der Waals surface area contributed by atoms with Crippen LogP contribution in [0.15, 0.2) is 66.7 Å². The largest absolute Gasteiger partial charge is 0.362 e. The molecule has 3 aromatic rings. The first kappa shape index (κ1) is 18.8. The summed E-state index contributed by atoms with van der Waals surface area (Å²) in [4.78, 5) is 12.6. The molecule has 26 heavy (non-hydrogen) atoms. The lowest BCUT2D eigenvalue weighted by Gasteiger charge is -2.27. The second-order valence-corrected chi connectivity index (χ2v) is 8.34. The van der Waals surface area contributed by atoms with Gasteiger partial charge in [-0.1, -0.05) is 83.3 Å². The van der Waals surface area contributed by atoms with Crippen molar-refractivity contribution in [2.75, 3.05) is 5.32 Å². The van der Waals surface area contributed by atoms with Crippen molar-refractivity contribution in [3.63, 3.8) is 0 Å². The molecule has 3 nitrogen and oxygen atoms in total. The minimum atomic E-state index is -1.73. The van der Waals surface area contributed by atoms with Gasteiger partial charge in [-0.15, -0.1) is 0 Å². The zero-order valence-electron chi connectivity index (χ0n) is 14.0. The lowest BCUT2D eigenvalue weighted by Crippen LogP contribution is -2.49. The van der Waals surface area contributed by atoms with Gasteiger partial charge in [-0.3, -0.25) is 4.79 Å². The van der Waals surface area contributed by atoms with Crippen LogP contribution in [-0.4, -0.2) is 15.9 Å². The van der Waals surface area contributed by atoms with Gasteiger partial charge in [-0.05, 0) is 41.5 Å². The Bertz CT molecular complexity index is 937. The lowest BCUT2D eigenvalue weighted by atomic mass is 10.1. The Morgan fingerprint density at radius 2 is 1.58 bits per heavy atom. The van der Waals surface area contributed by atoms with E-state index in [0.29, 0.717) is 5.56 Å². The number of amides is 1. The number of aryl methyl sites for hydroxylation is 1. The molecule has 1 unspecified atom stereocenters. The maximum Gasteiger partial charge on any atom is 0.253 e. The number of hydrogen-bond acceptors (Lipinski definition) is 2. The molecule has 0 aliphatic heterocycles. The molecule has 0 radical (unpaired) electrons. The van der Waals surface area contributed by atoms with E-state index in [9.17, 15) is 4.79 Å². The first-order valence-corrected chi connectivity index (χ1v) is 9.16. The molecule has 1 atom stereocenters. The summed E-state index contributed by atoms with van der Waals surface area (Å²) in [7, 11) is 0. The van der Waals surface area contributed by atoms with Crippen molar-refractivity contribution in [3.8, 4) is 0 Å². The summed E-state index contributed by atoms with van der Waals surface area (Å²) >= 11 is 18.3. The van der Waals surface area contributed by atoms with Gasteiger partial charge in [0, 0.05) is 11.3 Å². The molecule has 0 aliphatic carbocycles. The Morgan fingerprint density at radius 3 is 2.27 bits per heavy atom. The van der Waals surface area contributed by atoms with Gasteiger partial charge in [0.25, 0.3) is 5.91 Å². The predicted octanol–water partition coefficient (Wildman–Crippen LogP) is 5.69. The number of carbonyl (C=O) groups is 1. The Hall–Kier alpha value is -1.94. The van der Waals surface area contributed by atoms with Crippen molar-refractivity contribution in [2.24, 2.45) is 0 Å². The minimum absolute atomic E-state index is 0.312. The molecule has 3 aromatic carbocycles. The maximum absolute atomic E-state index is 12.6. The molecule has 0 spiro atoms. The molecule has 6 heteroatoms. The molecule has 0 fully saturated rings. The smallest absolute Gasteiger partial charge is 0.253 e. The minimum Gasteiger partial charge on any atom is -0.362 e. The normalized spacial score (nSPS) is 12.6. The monoisotopic (exact) mass is 406 g/mol. The van der Waals surface area contributed by atoms with Gasteiger partial charge < -0.3 is 10.6 Å². The highest BCUT2D eigenvalue weighted by Crippen LogP contribution is 2.32. The molecule has 0 saturated heterocycles. The molecule has 0 aliphatic rings. The number of halogens is 3. The lowest BCUT2D eigenvalue weighted by molar-refractivity contribution is 0.0941. The van der Waals surface area contributed by atoms with Gasteiger partial charge in [-0.25, -0.2) is 0 Å². The van der Waals surface area contributed by atoms with Crippen molar-refractivity contribution in [1.82, 2.24) is 5.32 Å². The highest BCUT2D eigenvalue weighted by atomic mass is 35.6. The van der Waals surface area contributed by atoms with Crippen LogP contribution in [0.2, 0.25) is 0 Å². The van der Waals surface area contributed by atoms with E-state index in [1.54, 1.807) is 12.1 Å². The highest BCUT2D eigenvalue weighted by molar-refractivity contribution is 6.68. The van der Waals surface area contributed by atoms with E-state index in [2.05, 4.69) is 10.6 Å². The van der Waals surface area contributed by atoms with Crippen LogP contribution in [0.3, 0.4) is 0 Å².